The Kier molecular flexibility index (Phi) is 4.65. The van der Waals surface area contributed by atoms with Crippen LogP contribution in [-0.2, 0) is 13.6 Å². The number of fused-ring (bicyclic) bond motifs is 1. The summed E-state index contributed by atoms with van der Waals surface area (Å²) in [6.07, 6.45) is 1.97. The summed E-state index contributed by atoms with van der Waals surface area (Å²) in [7, 11) is 6.04. The molecule has 8 heteroatoms. The number of rotatable bonds is 4. The number of hydrogen-bond acceptors (Lipinski definition) is 5. The highest BCUT2D eigenvalue weighted by atomic mass is 16.2. The van der Waals surface area contributed by atoms with E-state index in [1.807, 2.05) is 50.3 Å². The molecule has 0 saturated carbocycles. The number of carbonyl (C=O) groups excluding carboxylic acids is 1. The average Bonchev–Trinajstić information content (AvgIpc) is 3.25. The van der Waals surface area contributed by atoms with E-state index in [9.17, 15) is 4.79 Å². The van der Waals surface area contributed by atoms with Crippen molar-refractivity contribution in [3.63, 3.8) is 0 Å². The molecule has 1 N–H and O–H groups in total. The molecular formula is C19H25N7O. The minimum Gasteiger partial charge on any atom is -0.337 e. The summed E-state index contributed by atoms with van der Waals surface area (Å²) < 4.78 is 2.07. The Bertz CT molecular complexity index is 958. The fourth-order valence-corrected chi connectivity index (χ4v) is 3.80. The predicted molar refractivity (Wildman–Crippen MR) is 102 cm³/mol. The Hall–Kier alpha value is -2.74. The summed E-state index contributed by atoms with van der Waals surface area (Å²) in [5.74, 6) is 2.07. The van der Waals surface area contributed by atoms with Crippen molar-refractivity contribution < 1.29 is 4.79 Å². The van der Waals surface area contributed by atoms with Gasteiger partial charge in [0.25, 0.3) is 5.91 Å². The molecule has 0 unspecified atom stereocenters. The molecule has 1 atom stereocenters. The summed E-state index contributed by atoms with van der Waals surface area (Å²) in [5.41, 5.74) is 1.38. The lowest BCUT2D eigenvalue weighted by molar-refractivity contribution is 0.0699. The average molecular weight is 367 g/mol. The molecule has 3 aromatic rings. The van der Waals surface area contributed by atoms with Crippen LogP contribution in [0, 0.1) is 0 Å². The van der Waals surface area contributed by atoms with E-state index in [4.69, 9.17) is 0 Å². The molecule has 1 fully saturated rings. The fourth-order valence-electron chi connectivity index (χ4n) is 3.80. The SMILES string of the molecule is CN(C)Cc1nnc([C@H]2CCCN(C(=O)c3n[nH]c4ccccc34)C2)n1C. The molecular weight excluding hydrogens is 342 g/mol. The Labute approximate surface area is 158 Å². The summed E-state index contributed by atoms with van der Waals surface area (Å²) in [6, 6.07) is 7.73. The molecule has 0 aliphatic carbocycles. The zero-order valence-electron chi connectivity index (χ0n) is 16.0. The van der Waals surface area contributed by atoms with Crippen LogP contribution in [0.25, 0.3) is 10.9 Å². The first-order chi connectivity index (χ1) is 13.0. The second-order valence-corrected chi connectivity index (χ2v) is 7.48. The van der Waals surface area contributed by atoms with Crippen LogP contribution >= 0.6 is 0 Å². The molecule has 0 bridgehead atoms. The fraction of sp³-hybridized carbons (Fsp3) is 0.474. The van der Waals surface area contributed by atoms with Gasteiger partial charge in [-0.05, 0) is 33.0 Å². The number of aromatic nitrogens is 5. The molecule has 1 amide bonds. The molecule has 1 aliphatic rings. The van der Waals surface area contributed by atoms with Crippen LogP contribution in [0.5, 0.6) is 0 Å². The molecule has 0 spiro atoms. The first-order valence-electron chi connectivity index (χ1n) is 9.30. The zero-order valence-corrected chi connectivity index (χ0v) is 16.0. The molecule has 3 heterocycles. The minimum atomic E-state index is -0.0205. The maximum atomic E-state index is 13.1. The van der Waals surface area contributed by atoms with Crippen molar-refractivity contribution in [1.29, 1.82) is 0 Å². The highest BCUT2D eigenvalue weighted by Crippen LogP contribution is 2.27. The maximum Gasteiger partial charge on any atom is 0.275 e. The Morgan fingerprint density at radius 1 is 1.30 bits per heavy atom. The molecule has 1 aromatic carbocycles. The van der Waals surface area contributed by atoms with Crippen LogP contribution in [0.4, 0.5) is 0 Å². The molecule has 8 nitrogen and oxygen atoms in total. The number of benzene rings is 1. The van der Waals surface area contributed by atoms with Crippen LogP contribution in [0.3, 0.4) is 0 Å². The first-order valence-corrected chi connectivity index (χ1v) is 9.30. The number of para-hydroxylation sites is 1. The lowest BCUT2D eigenvalue weighted by Crippen LogP contribution is -2.40. The van der Waals surface area contributed by atoms with Crippen LogP contribution in [0.1, 0.15) is 40.9 Å². The molecule has 4 rings (SSSR count). The van der Waals surface area contributed by atoms with E-state index in [1.54, 1.807) is 0 Å². The number of nitrogens with zero attached hydrogens (tertiary/aromatic N) is 6. The Morgan fingerprint density at radius 2 is 2.11 bits per heavy atom. The van der Waals surface area contributed by atoms with Gasteiger partial charge >= 0.3 is 0 Å². The van der Waals surface area contributed by atoms with Crippen LogP contribution in [0.15, 0.2) is 24.3 Å². The van der Waals surface area contributed by atoms with Gasteiger partial charge < -0.3 is 14.4 Å². The predicted octanol–water partition coefficient (Wildman–Crippen LogP) is 1.77. The van der Waals surface area contributed by atoms with Gasteiger partial charge in [-0.2, -0.15) is 5.10 Å². The third kappa shape index (κ3) is 3.32. The number of hydrogen-bond donors (Lipinski definition) is 1. The number of nitrogens with one attached hydrogen (secondary N) is 1. The van der Waals surface area contributed by atoms with Gasteiger partial charge in [-0.3, -0.25) is 9.89 Å². The molecule has 1 aliphatic heterocycles. The monoisotopic (exact) mass is 367 g/mol. The van der Waals surface area contributed by atoms with Gasteiger partial charge in [-0.15, -0.1) is 10.2 Å². The van der Waals surface area contributed by atoms with Crippen LogP contribution in [0.2, 0.25) is 0 Å². The van der Waals surface area contributed by atoms with Gasteiger partial charge in [0.05, 0.1) is 12.1 Å². The van der Waals surface area contributed by atoms with E-state index in [-0.39, 0.29) is 11.8 Å². The normalized spacial score (nSPS) is 17.8. The van der Waals surface area contributed by atoms with E-state index in [0.29, 0.717) is 12.2 Å². The second-order valence-electron chi connectivity index (χ2n) is 7.48. The van der Waals surface area contributed by atoms with Gasteiger partial charge in [0.1, 0.15) is 11.6 Å². The molecule has 0 radical (unpaired) electrons. The highest BCUT2D eigenvalue weighted by Gasteiger charge is 2.30. The van der Waals surface area contributed by atoms with E-state index in [1.165, 1.54) is 0 Å². The number of piperidine rings is 1. The van der Waals surface area contributed by atoms with Gasteiger partial charge in [0.15, 0.2) is 5.69 Å². The first kappa shape index (κ1) is 17.7. The third-order valence-corrected chi connectivity index (χ3v) is 5.20. The third-order valence-electron chi connectivity index (χ3n) is 5.20. The Balaban J connectivity index is 1.55. The smallest absolute Gasteiger partial charge is 0.275 e. The standard InChI is InChI=1S/C19H25N7O/c1-24(2)12-16-21-23-18(25(16)3)13-7-6-10-26(11-13)19(27)17-14-8-4-5-9-15(14)20-22-17/h4-5,8-9,13H,6-7,10-12H2,1-3H3,(H,20,22)/t13-/m0/s1. The number of aromatic amines is 1. The lowest BCUT2D eigenvalue weighted by Gasteiger charge is -2.31. The van der Waals surface area contributed by atoms with Crippen molar-refractivity contribution >= 4 is 16.8 Å². The Morgan fingerprint density at radius 3 is 2.93 bits per heavy atom. The highest BCUT2D eigenvalue weighted by molar-refractivity contribution is 6.04. The molecule has 142 valence electrons. The van der Waals surface area contributed by atoms with Gasteiger partial charge in [-0.25, -0.2) is 0 Å². The van der Waals surface area contributed by atoms with Gasteiger partial charge in [-0.1, -0.05) is 18.2 Å². The van der Waals surface area contributed by atoms with E-state index < -0.39 is 0 Å². The summed E-state index contributed by atoms with van der Waals surface area (Å²) in [6.45, 7) is 2.14. The quantitative estimate of drug-likeness (QED) is 0.760. The van der Waals surface area contributed by atoms with Gasteiger partial charge in [0.2, 0.25) is 0 Å². The summed E-state index contributed by atoms with van der Waals surface area (Å²) in [4.78, 5) is 17.1. The number of H-pyrrole nitrogens is 1. The summed E-state index contributed by atoms with van der Waals surface area (Å²) >= 11 is 0. The van der Waals surface area contributed by atoms with Crippen molar-refractivity contribution in [1.82, 2.24) is 34.8 Å². The number of likely N-dealkylation sites (tertiary alicyclic amines) is 1. The number of amides is 1. The van der Waals surface area contributed by atoms with E-state index in [0.717, 1.165) is 48.5 Å². The molecule has 27 heavy (non-hydrogen) atoms. The molecule has 1 saturated heterocycles. The largest absolute Gasteiger partial charge is 0.337 e. The van der Waals surface area contributed by atoms with Crippen molar-refractivity contribution in [2.45, 2.75) is 25.3 Å². The maximum absolute atomic E-state index is 13.1. The second kappa shape index (κ2) is 7.11. The zero-order chi connectivity index (χ0) is 19.0. The van der Waals surface area contributed by atoms with E-state index in [2.05, 4.69) is 29.9 Å². The lowest BCUT2D eigenvalue weighted by atomic mass is 9.96. The van der Waals surface area contributed by atoms with Crippen LogP contribution in [-0.4, -0.2) is 67.9 Å². The van der Waals surface area contributed by atoms with Gasteiger partial charge in [0, 0.05) is 31.4 Å². The van der Waals surface area contributed by atoms with Crippen molar-refractivity contribution in [3.05, 3.63) is 41.6 Å². The van der Waals surface area contributed by atoms with E-state index >= 15 is 0 Å². The summed E-state index contributed by atoms with van der Waals surface area (Å²) in [5, 5.41) is 16.9. The van der Waals surface area contributed by atoms with Crippen molar-refractivity contribution in [3.8, 4) is 0 Å². The van der Waals surface area contributed by atoms with Crippen LogP contribution < -0.4 is 0 Å². The van der Waals surface area contributed by atoms with Crippen molar-refractivity contribution in [2.24, 2.45) is 7.05 Å². The van der Waals surface area contributed by atoms with Crippen molar-refractivity contribution in [2.75, 3.05) is 27.2 Å². The topological polar surface area (TPSA) is 82.9 Å². The molecule has 2 aromatic heterocycles. The minimum absolute atomic E-state index is 0.0205. The number of carbonyl (C=O) groups is 1.